The topological polar surface area (TPSA) is 32.5 Å². The maximum Gasteiger partial charge on any atom is 0.0499 e. The summed E-state index contributed by atoms with van der Waals surface area (Å²) < 4.78 is 0. The minimum absolute atomic E-state index is 0.310. The molecule has 3 nitrogen and oxygen atoms in total. The Morgan fingerprint density at radius 1 is 1.33 bits per heavy atom. The van der Waals surface area contributed by atoms with Gasteiger partial charge in [0.2, 0.25) is 0 Å². The van der Waals surface area contributed by atoms with Crippen LogP contribution in [-0.2, 0) is 0 Å². The number of hydrogen-bond acceptors (Lipinski definition) is 4. The predicted octanol–water partition coefficient (Wildman–Crippen LogP) is 1.38. The molecule has 3 rings (SSSR count). The molecule has 3 heterocycles. The monoisotopic (exact) mass is 269 g/mol. The zero-order valence-corrected chi connectivity index (χ0v) is 12.4. The molecule has 104 valence electrons. The van der Waals surface area contributed by atoms with E-state index in [1.165, 1.54) is 57.6 Å². The summed E-state index contributed by atoms with van der Waals surface area (Å²) in [5.41, 5.74) is 6.58. The minimum atomic E-state index is 0.310. The molecule has 3 unspecified atom stereocenters. The van der Waals surface area contributed by atoms with E-state index in [2.05, 4.69) is 28.5 Å². The van der Waals surface area contributed by atoms with Crippen molar-refractivity contribution in [3.05, 3.63) is 0 Å². The molecule has 18 heavy (non-hydrogen) atoms. The van der Waals surface area contributed by atoms with Gasteiger partial charge in [-0.25, -0.2) is 0 Å². The highest BCUT2D eigenvalue weighted by Gasteiger charge is 2.52. The Kier molecular flexibility index (Phi) is 3.90. The molecule has 0 aromatic rings. The first kappa shape index (κ1) is 13.2. The molecule has 0 spiro atoms. The van der Waals surface area contributed by atoms with E-state index in [4.69, 9.17) is 5.73 Å². The second-order valence-electron chi connectivity index (χ2n) is 6.10. The van der Waals surface area contributed by atoms with Crippen LogP contribution in [-0.4, -0.2) is 65.1 Å². The number of fused-ring (bicyclic) bond motifs is 1. The molecule has 0 radical (unpaired) electrons. The van der Waals surface area contributed by atoms with E-state index in [1.807, 2.05) is 0 Å². The number of thioether (sulfide) groups is 1. The first-order chi connectivity index (χ1) is 8.80. The van der Waals surface area contributed by atoms with E-state index in [-0.39, 0.29) is 0 Å². The van der Waals surface area contributed by atoms with Gasteiger partial charge in [-0.1, -0.05) is 6.92 Å². The average Bonchev–Trinajstić information content (AvgIpc) is 3.01. The predicted molar refractivity (Wildman–Crippen MR) is 79.1 cm³/mol. The van der Waals surface area contributed by atoms with Gasteiger partial charge in [0.15, 0.2) is 0 Å². The SMILES string of the molecule is CCC1CN(C2(CN)CCN3CCCC32)CCS1. The van der Waals surface area contributed by atoms with Crippen LogP contribution in [0.1, 0.15) is 32.6 Å². The lowest BCUT2D eigenvalue weighted by molar-refractivity contribution is 0.0680. The van der Waals surface area contributed by atoms with Crippen LogP contribution >= 0.6 is 11.8 Å². The summed E-state index contributed by atoms with van der Waals surface area (Å²) in [6, 6.07) is 0.753. The highest BCUT2D eigenvalue weighted by Crippen LogP contribution is 2.41. The van der Waals surface area contributed by atoms with Crippen LogP contribution in [0.5, 0.6) is 0 Å². The summed E-state index contributed by atoms with van der Waals surface area (Å²) in [5, 5.41) is 0.831. The molecule has 0 aliphatic carbocycles. The molecule has 0 saturated carbocycles. The second-order valence-corrected chi connectivity index (χ2v) is 7.51. The van der Waals surface area contributed by atoms with Crippen LogP contribution in [0, 0.1) is 0 Å². The molecule has 0 bridgehead atoms. The van der Waals surface area contributed by atoms with Gasteiger partial charge in [0.05, 0.1) is 0 Å². The summed E-state index contributed by atoms with van der Waals surface area (Å²) in [6.45, 7) is 8.29. The summed E-state index contributed by atoms with van der Waals surface area (Å²) in [6.07, 6.45) is 5.36. The van der Waals surface area contributed by atoms with Crippen LogP contribution in [0.3, 0.4) is 0 Å². The molecule has 0 aromatic carbocycles. The van der Waals surface area contributed by atoms with E-state index >= 15 is 0 Å². The van der Waals surface area contributed by atoms with Gasteiger partial charge < -0.3 is 5.73 Å². The van der Waals surface area contributed by atoms with Crippen molar-refractivity contribution in [2.24, 2.45) is 5.73 Å². The molecule has 0 amide bonds. The molecule has 3 atom stereocenters. The van der Waals surface area contributed by atoms with E-state index in [0.29, 0.717) is 5.54 Å². The molecule has 3 fully saturated rings. The lowest BCUT2D eigenvalue weighted by Crippen LogP contribution is -2.62. The fourth-order valence-electron chi connectivity index (χ4n) is 4.31. The number of rotatable bonds is 3. The Hall–Kier alpha value is 0.230. The fraction of sp³-hybridized carbons (Fsp3) is 1.00. The van der Waals surface area contributed by atoms with Gasteiger partial charge in [0.1, 0.15) is 0 Å². The normalized spacial score (nSPS) is 42.3. The average molecular weight is 269 g/mol. The third kappa shape index (κ3) is 2.01. The van der Waals surface area contributed by atoms with Crippen molar-refractivity contribution in [3.8, 4) is 0 Å². The van der Waals surface area contributed by atoms with Crippen LogP contribution < -0.4 is 5.73 Å². The quantitative estimate of drug-likeness (QED) is 0.839. The highest BCUT2D eigenvalue weighted by molar-refractivity contribution is 8.00. The first-order valence-corrected chi connectivity index (χ1v) is 8.66. The maximum absolute atomic E-state index is 6.27. The fourth-order valence-corrected chi connectivity index (χ4v) is 5.49. The third-order valence-electron chi connectivity index (χ3n) is 5.39. The lowest BCUT2D eigenvalue weighted by Gasteiger charge is -2.48. The van der Waals surface area contributed by atoms with Crippen molar-refractivity contribution >= 4 is 11.8 Å². The number of nitrogens with zero attached hydrogens (tertiary/aromatic N) is 2. The summed E-state index contributed by atoms with van der Waals surface area (Å²) in [4.78, 5) is 5.48. The van der Waals surface area contributed by atoms with Gasteiger partial charge in [-0.3, -0.25) is 9.80 Å². The molecule has 3 aliphatic heterocycles. The van der Waals surface area contributed by atoms with Crippen molar-refractivity contribution in [2.45, 2.75) is 49.4 Å². The Morgan fingerprint density at radius 3 is 3.00 bits per heavy atom. The van der Waals surface area contributed by atoms with Crippen molar-refractivity contribution in [3.63, 3.8) is 0 Å². The Morgan fingerprint density at radius 2 is 2.22 bits per heavy atom. The van der Waals surface area contributed by atoms with Gasteiger partial charge in [0.25, 0.3) is 0 Å². The Labute approximate surface area is 115 Å². The molecule has 4 heteroatoms. The van der Waals surface area contributed by atoms with Crippen LogP contribution in [0.15, 0.2) is 0 Å². The van der Waals surface area contributed by atoms with Gasteiger partial charge in [0, 0.05) is 48.8 Å². The lowest BCUT2D eigenvalue weighted by atomic mass is 9.86. The molecule has 2 N–H and O–H groups in total. The molecule has 3 aliphatic rings. The molecular formula is C14H27N3S. The Bertz CT molecular complexity index is 299. The molecule has 0 aromatic heterocycles. The molecular weight excluding hydrogens is 242 g/mol. The van der Waals surface area contributed by atoms with Gasteiger partial charge in [-0.2, -0.15) is 11.8 Å². The third-order valence-corrected chi connectivity index (χ3v) is 6.77. The number of nitrogens with two attached hydrogens (primary N) is 1. The summed E-state index contributed by atoms with van der Waals surface area (Å²) >= 11 is 2.16. The minimum Gasteiger partial charge on any atom is -0.329 e. The highest BCUT2D eigenvalue weighted by atomic mass is 32.2. The van der Waals surface area contributed by atoms with Crippen molar-refractivity contribution in [1.29, 1.82) is 0 Å². The summed E-state index contributed by atoms with van der Waals surface area (Å²) in [5.74, 6) is 1.30. The second kappa shape index (κ2) is 5.31. The van der Waals surface area contributed by atoms with Gasteiger partial charge >= 0.3 is 0 Å². The Balaban J connectivity index is 1.78. The van der Waals surface area contributed by atoms with E-state index in [1.54, 1.807) is 0 Å². The van der Waals surface area contributed by atoms with E-state index in [9.17, 15) is 0 Å². The van der Waals surface area contributed by atoms with Crippen molar-refractivity contribution in [2.75, 3.05) is 38.5 Å². The van der Waals surface area contributed by atoms with Crippen LogP contribution in [0.4, 0.5) is 0 Å². The number of hydrogen-bond donors (Lipinski definition) is 1. The first-order valence-electron chi connectivity index (χ1n) is 7.61. The molecule has 3 saturated heterocycles. The van der Waals surface area contributed by atoms with Crippen LogP contribution in [0.25, 0.3) is 0 Å². The van der Waals surface area contributed by atoms with E-state index in [0.717, 1.165) is 17.8 Å². The maximum atomic E-state index is 6.27. The van der Waals surface area contributed by atoms with Gasteiger partial charge in [-0.05, 0) is 32.2 Å². The smallest absolute Gasteiger partial charge is 0.0499 e. The zero-order valence-electron chi connectivity index (χ0n) is 11.6. The largest absolute Gasteiger partial charge is 0.329 e. The van der Waals surface area contributed by atoms with Crippen molar-refractivity contribution in [1.82, 2.24) is 9.80 Å². The zero-order chi connectivity index (χ0) is 12.6. The van der Waals surface area contributed by atoms with E-state index < -0.39 is 0 Å². The summed E-state index contributed by atoms with van der Waals surface area (Å²) in [7, 11) is 0. The van der Waals surface area contributed by atoms with Crippen LogP contribution in [0.2, 0.25) is 0 Å². The van der Waals surface area contributed by atoms with Crippen molar-refractivity contribution < 1.29 is 0 Å². The van der Waals surface area contributed by atoms with Gasteiger partial charge in [-0.15, -0.1) is 0 Å². The standard InChI is InChI=1S/C14H27N3S/c1-2-12-10-17(8-9-18-12)14(11-15)5-7-16-6-3-4-13(14)16/h12-13H,2-11,15H2,1H3.